The first-order valence-electron chi connectivity index (χ1n) is 8.37. The Balaban J connectivity index is 1.57. The average Bonchev–Trinajstić information content (AvgIpc) is 3.05. The van der Waals surface area contributed by atoms with Gasteiger partial charge in [0.15, 0.2) is 0 Å². The molecule has 0 aromatic rings. The van der Waals surface area contributed by atoms with Crippen molar-refractivity contribution < 1.29 is 4.79 Å². The number of hydrogen-bond acceptors (Lipinski definition) is 1. The largest absolute Gasteiger partial charge is 0.300 e. The van der Waals surface area contributed by atoms with E-state index in [1.54, 1.807) is 11.1 Å². The van der Waals surface area contributed by atoms with Gasteiger partial charge in [0.05, 0.1) is 0 Å². The molecular formula is C19H22O. The van der Waals surface area contributed by atoms with Gasteiger partial charge in [0.25, 0.3) is 0 Å². The minimum absolute atomic E-state index is 0.533. The van der Waals surface area contributed by atoms with E-state index in [-0.39, 0.29) is 0 Å². The molecule has 104 valence electrons. The first-order valence-corrected chi connectivity index (χ1v) is 8.37. The van der Waals surface area contributed by atoms with Crippen LogP contribution < -0.4 is 0 Å². The highest BCUT2D eigenvalue weighted by Crippen LogP contribution is 2.68. The van der Waals surface area contributed by atoms with Gasteiger partial charge in [0.2, 0.25) is 0 Å². The zero-order valence-corrected chi connectivity index (χ0v) is 12.0. The summed E-state index contributed by atoms with van der Waals surface area (Å²) >= 11 is 0. The van der Waals surface area contributed by atoms with Crippen molar-refractivity contribution in [3.8, 4) is 0 Å². The van der Waals surface area contributed by atoms with Gasteiger partial charge in [0.1, 0.15) is 5.78 Å². The number of Topliss-reactive ketones (excluding diaryl/α,β-unsaturated/α-hetero) is 1. The summed E-state index contributed by atoms with van der Waals surface area (Å²) in [5.41, 5.74) is 3.85. The molecule has 0 bridgehead atoms. The standard InChI is InChI=1S/C19H22O/c20-13-5-7-16-15-6-4-12-2-1-3-14(12)17(15)11-19(8-9-19)18(16)10-13/h1-2,4,6,14,16-18H,3,5,7-11H2. The minimum atomic E-state index is 0.533. The second-order valence-electron chi connectivity index (χ2n) is 7.75. The quantitative estimate of drug-likeness (QED) is 0.641. The smallest absolute Gasteiger partial charge is 0.133 e. The van der Waals surface area contributed by atoms with E-state index < -0.39 is 0 Å². The highest BCUT2D eigenvalue weighted by Gasteiger charge is 2.59. The molecule has 5 rings (SSSR count). The molecule has 0 aliphatic heterocycles. The Morgan fingerprint density at radius 2 is 2.00 bits per heavy atom. The Morgan fingerprint density at radius 1 is 1.10 bits per heavy atom. The lowest BCUT2D eigenvalue weighted by molar-refractivity contribution is -0.124. The lowest BCUT2D eigenvalue weighted by atomic mass is 9.54. The summed E-state index contributed by atoms with van der Waals surface area (Å²) in [5.74, 6) is 3.52. The maximum Gasteiger partial charge on any atom is 0.133 e. The summed E-state index contributed by atoms with van der Waals surface area (Å²) < 4.78 is 0. The predicted octanol–water partition coefficient (Wildman–Crippen LogP) is 4.21. The summed E-state index contributed by atoms with van der Waals surface area (Å²) in [4.78, 5) is 11.9. The highest BCUT2D eigenvalue weighted by atomic mass is 16.1. The van der Waals surface area contributed by atoms with Gasteiger partial charge in [-0.2, -0.15) is 0 Å². The number of allylic oxidation sites excluding steroid dienone is 6. The van der Waals surface area contributed by atoms with Crippen LogP contribution in [0.5, 0.6) is 0 Å². The average molecular weight is 266 g/mol. The van der Waals surface area contributed by atoms with Crippen LogP contribution in [0, 0.1) is 29.1 Å². The Morgan fingerprint density at radius 3 is 2.85 bits per heavy atom. The van der Waals surface area contributed by atoms with E-state index in [9.17, 15) is 4.79 Å². The van der Waals surface area contributed by atoms with Crippen LogP contribution in [0.1, 0.15) is 44.9 Å². The molecule has 3 saturated carbocycles. The maximum atomic E-state index is 11.9. The summed E-state index contributed by atoms with van der Waals surface area (Å²) in [6, 6.07) is 0. The fraction of sp³-hybridized carbons (Fsp3) is 0.632. The van der Waals surface area contributed by atoms with Crippen molar-refractivity contribution >= 4 is 5.78 Å². The van der Waals surface area contributed by atoms with E-state index in [0.29, 0.717) is 17.1 Å². The topological polar surface area (TPSA) is 17.1 Å². The molecule has 0 aromatic heterocycles. The van der Waals surface area contributed by atoms with Gasteiger partial charge in [-0.05, 0) is 66.8 Å². The predicted molar refractivity (Wildman–Crippen MR) is 79.0 cm³/mol. The molecule has 20 heavy (non-hydrogen) atoms. The van der Waals surface area contributed by atoms with Crippen LogP contribution in [0.15, 0.2) is 35.5 Å². The van der Waals surface area contributed by atoms with Gasteiger partial charge >= 0.3 is 0 Å². The molecule has 3 fully saturated rings. The van der Waals surface area contributed by atoms with Crippen molar-refractivity contribution in [1.29, 1.82) is 0 Å². The molecule has 1 nitrogen and oxygen atoms in total. The van der Waals surface area contributed by atoms with Gasteiger partial charge < -0.3 is 0 Å². The molecular weight excluding hydrogens is 244 g/mol. The Hall–Kier alpha value is -1.11. The first-order chi connectivity index (χ1) is 9.77. The lowest BCUT2D eigenvalue weighted by Gasteiger charge is -2.49. The number of hydrogen-bond donors (Lipinski definition) is 0. The second-order valence-corrected chi connectivity index (χ2v) is 7.75. The van der Waals surface area contributed by atoms with Crippen molar-refractivity contribution in [2.45, 2.75) is 44.9 Å². The minimum Gasteiger partial charge on any atom is -0.300 e. The van der Waals surface area contributed by atoms with Gasteiger partial charge in [-0.15, -0.1) is 0 Å². The monoisotopic (exact) mass is 266 g/mol. The zero-order valence-electron chi connectivity index (χ0n) is 12.0. The molecule has 1 heteroatoms. The van der Waals surface area contributed by atoms with E-state index in [0.717, 1.165) is 37.0 Å². The first kappa shape index (κ1) is 11.5. The van der Waals surface area contributed by atoms with E-state index >= 15 is 0 Å². The zero-order chi connectivity index (χ0) is 13.3. The molecule has 5 aliphatic rings. The fourth-order valence-electron chi connectivity index (χ4n) is 5.77. The van der Waals surface area contributed by atoms with Crippen molar-refractivity contribution in [2.75, 3.05) is 0 Å². The number of ketones is 1. The van der Waals surface area contributed by atoms with Crippen LogP contribution in [0.4, 0.5) is 0 Å². The summed E-state index contributed by atoms with van der Waals surface area (Å²) in [5, 5.41) is 0. The normalized spacial score (nSPS) is 43.5. The Bertz CT molecular complexity index is 573. The molecule has 4 unspecified atom stereocenters. The van der Waals surface area contributed by atoms with Crippen molar-refractivity contribution in [2.24, 2.45) is 29.1 Å². The van der Waals surface area contributed by atoms with Crippen molar-refractivity contribution in [3.63, 3.8) is 0 Å². The number of carbonyl (C=O) groups excluding carboxylic acids is 1. The van der Waals surface area contributed by atoms with Gasteiger partial charge in [0, 0.05) is 12.8 Å². The van der Waals surface area contributed by atoms with E-state index in [2.05, 4.69) is 24.3 Å². The van der Waals surface area contributed by atoms with E-state index in [1.807, 2.05) is 0 Å². The molecule has 0 amide bonds. The molecule has 0 N–H and O–H groups in total. The Kier molecular flexibility index (Phi) is 2.16. The molecule has 0 radical (unpaired) electrons. The van der Waals surface area contributed by atoms with Gasteiger partial charge in [-0.1, -0.05) is 29.9 Å². The van der Waals surface area contributed by atoms with Crippen LogP contribution in [0.25, 0.3) is 0 Å². The summed E-state index contributed by atoms with van der Waals surface area (Å²) in [6.45, 7) is 0. The van der Waals surface area contributed by atoms with E-state index in [1.165, 1.54) is 25.7 Å². The van der Waals surface area contributed by atoms with Crippen LogP contribution in [0.2, 0.25) is 0 Å². The third-order valence-corrected chi connectivity index (χ3v) is 6.91. The van der Waals surface area contributed by atoms with Crippen molar-refractivity contribution in [3.05, 3.63) is 35.5 Å². The van der Waals surface area contributed by atoms with Gasteiger partial charge in [-0.25, -0.2) is 0 Å². The van der Waals surface area contributed by atoms with Crippen molar-refractivity contribution in [1.82, 2.24) is 0 Å². The molecule has 4 atom stereocenters. The van der Waals surface area contributed by atoms with Crippen LogP contribution in [-0.4, -0.2) is 5.78 Å². The molecule has 1 spiro atoms. The highest BCUT2D eigenvalue weighted by molar-refractivity contribution is 5.80. The molecule has 0 saturated heterocycles. The molecule has 5 aliphatic carbocycles. The third-order valence-electron chi connectivity index (χ3n) is 6.91. The van der Waals surface area contributed by atoms with Crippen LogP contribution in [0.3, 0.4) is 0 Å². The maximum absolute atomic E-state index is 11.9. The van der Waals surface area contributed by atoms with Crippen LogP contribution >= 0.6 is 0 Å². The fourth-order valence-corrected chi connectivity index (χ4v) is 5.77. The third kappa shape index (κ3) is 1.42. The number of carbonyl (C=O) groups is 1. The van der Waals surface area contributed by atoms with E-state index in [4.69, 9.17) is 0 Å². The summed E-state index contributed by atoms with van der Waals surface area (Å²) in [6.07, 6.45) is 17.8. The SMILES string of the molecule is O=C1CCC2C3=CC=C4C=CCC4C3CC3(CC3)C2C1. The number of fused-ring (bicyclic) bond motifs is 6. The van der Waals surface area contributed by atoms with Gasteiger partial charge in [-0.3, -0.25) is 4.79 Å². The molecule has 0 aromatic carbocycles. The Labute approximate surface area is 120 Å². The lowest BCUT2D eigenvalue weighted by Crippen LogP contribution is -2.43. The summed E-state index contributed by atoms with van der Waals surface area (Å²) in [7, 11) is 0. The number of rotatable bonds is 0. The van der Waals surface area contributed by atoms with Crippen LogP contribution in [-0.2, 0) is 4.79 Å². The second kappa shape index (κ2) is 3.75. The molecule has 0 heterocycles.